The van der Waals surface area contributed by atoms with Gasteiger partial charge in [-0.05, 0) is 24.3 Å². The summed E-state index contributed by atoms with van der Waals surface area (Å²) in [7, 11) is 0. The Hall–Kier alpha value is -0.463. The number of hydrogen-bond donors (Lipinski definition) is 2. The molecule has 1 aromatic carbocycles. The van der Waals surface area contributed by atoms with E-state index >= 15 is 0 Å². The third-order valence-electron chi connectivity index (χ3n) is 1.38. The Kier molecular flexibility index (Phi) is 5.12. The minimum absolute atomic E-state index is 0. The van der Waals surface area contributed by atoms with E-state index in [0.717, 1.165) is 0 Å². The molecule has 0 unspecified atom stereocenters. The zero-order valence-electron chi connectivity index (χ0n) is 6.52. The average Bonchev–Trinajstić information content (AvgIpc) is 2.04. The first kappa shape index (κ1) is 12.5. The molecule has 0 saturated heterocycles. The molecule has 4 nitrogen and oxygen atoms in total. The van der Waals surface area contributed by atoms with Crippen molar-refractivity contribution in [2.24, 2.45) is 0 Å². The van der Waals surface area contributed by atoms with Crippen molar-refractivity contribution < 1.29 is 61.5 Å². The molecule has 0 atom stereocenters. The molecular weight excluding hydrogens is 300 g/mol. The summed E-state index contributed by atoms with van der Waals surface area (Å²) in [6.07, 6.45) is 0. The molecule has 5 heteroatoms. The Morgan fingerprint density at radius 1 is 0.846 bits per heavy atom. The Balaban J connectivity index is 0.00000144. The Morgan fingerprint density at radius 3 is 1.23 bits per heavy atom. The fourth-order valence-corrected chi connectivity index (χ4v) is 0.755. The Labute approximate surface area is 108 Å². The molecule has 0 aliphatic heterocycles. The summed E-state index contributed by atoms with van der Waals surface area (Å²) in [4.78, 5) is 20.7. The standard InChI is InChI=1S/C8H6O4.Ce/c9-7(10)5-1-2-6(4-3-5)8(11)12;/h1-4H,(H,9,10)(H,11,12);. The van der Waals surface area contributed by atoms with Gasteiger partial charge in [0.25, 0.3) is 0 Å². The molecule has 0 aromatic heterocycles. The van der Waals surface area contributed by atoms with Gasteiger partial charge in [0.1, 0.15) is 0 Å². The minimum atomic E-state index is -1.06. The van der Waals surface area contributed by atoms with E-state index in [-0.39, 0.29) is 52.9 Å². The zero-order valence-corrected chi connectivity index (χ0v) is 9.66. The van der Waals surface area contributed by atoms with Crippen molar-refractivity contribution in [3.05, 3.63) is 35.4 Å². The van der Waals surface area contributed by atoms with Crippen LogP contribution in [0.3, 0.4) is 0 Å². The number of carboxylic acids is 2. The molecule has 0 saturated carbocycles. The predicted octanol–water partition coefficient (Wildman–Crippen LogP) is 1.08. The maximum absolute atomic E-state index is 10.3. The third kappa shape index (κ3) is 3.41. The van der Waals surface area contributed by atoms with E-state index in [9.17, 15) is 9.59 Å². The van der Waals surface area contributed by atoms with Crippen molar-refractivity contribution in [3.63, 3.8) is 0 Å². The van der Waals surface area contributed by atoms with Crippen molar-refractivity contribution in [2.75, 3.05) is 0 Å². The second-order valence-electron chi connectivity index (χ2n) is 2.19. The second kappa shape index (κ2) is 5.31. The molecule has 66 valence electrons. The number of benzene rings is 1. The van der Waals surface area contributed by atoms with Gasteiger partial charge < -0.3 is 10.2 Å². The van der Waals surface area contributed by atoms with Crippen LogP contribution in [0.15, 0.2) is 24.3 Å². The van der Waals surface area contributed by atoms with Gasteiger partial charge in [0, 0.05) is 41.7 Å². The maximum Gasteiger partial charge on any atom is 0.335 e. The van der Waals surface area contributed by atoms with Crippen LogP contribution in [-0.4, -0.2) is 22.2 Å². The maximum atomic E-state index is 10.3. The van der Waals surface area contributed by atoms with Crippen LogP contribution < -0.4 is 0 Å². The molecule has 1 aromatic rings. The van der Waals surface area contributed by atoms with Crippen molar-refractivity contribution in [3.8, 4) is 0 Å². The molecule has 13 heavy (non-hydrogen) atoms. The Morgan fingerprint density at radius 2 is 1.08 bits per heavy atom. The quantitative estimate of drug-likeness (QED) is 0.857. The van der Waals surface area contributed by atoms with E-state index in [1.165, 1.54) is 24.3 Å². The van der Waals surface area contributed by atoms with E-state index in [2.05, 4.69) is 0 Å². The van der Waals surface area contributed by atoms with Gasteiger partial charge in [0.05, 0.1) is 11.1 Å². The van der Waals surface area contributed by atoms with Crippen LogP contribution in [0.25, 0.3) is 0 Å². The smallest absolute Gasteiger partial charge is 0.335 e. The largest absolute Gasteiger partial charge is 0.478 e. The van der Waals surface area contributed by atoms with E-state index in [1.54, 1.807) is 0 Å². The molecule has 0 amide bonds. The normalized spacial score (nSPS) is 8.62. The third-order valence-corrected chi connectivity index (χ3v) is 1.38. The van der Waals surface area contributed by atoms with Crippen molar-refractivity contribution in [1.29, 1.82) is 0 Å². The number of hydrogen-bond acceptors (Lipinski definition) is 2. The number of carbonyl (C=O) groups is 2. The molecule has 0 spiro atoms. The van der Waals surface area contributed by atoms with Gasteiger partial charge in [-0.1, -0.05) is 0 Å². The van der Waals surface area contributed by atoms with Gasteiger partial charge in [0.2, 0.25) is 0 Å². The number of carboxylic acid groups (broad SMARTS) is 2. The fraction of sp³-hybridized carbons (Fsp3) is 0. The van der Waals surface area contributed by atoms with Crippen LogP contribution >= 0.6 is 0 Å². The van der Waals surface area contributed by atoms with Gasteiger partial charge in [-0.3, -0.25) is 0 Å². The molecule has 0 aliphatic carbocycles. The van der Waals surface area contributed by atoms with Crippen LogP contribution in [0, 0.1) is 41.7 Å². The summed E-state index contributed by atoms with van der Waals surface area (Å²) in [6, 6.07) is 5.02. The summed E-state index contributed by atoms with van der Waals surface area (Å²) in [5, 5.41) is 16.9. The molecule has 1 rings (SSSR count). The van der Waals surface area contributed by atoms with Gasteiger partial charge in [0.15, 0.2) is 0 Å². The van der Waals surface area contributed by atoms with Crippen LogP contribution in [-0.2, 0) is 0 Å². The molecule has 2 N–H and O–H groups in total. The number of aromatic carboxylic acids is 2. The van der Waals surface area contributed by atoms with E-state index in [1.807, 2.05) is 0 Å². The molecular formula is C8H6CeO4. The van der Waals surface area contributed by atoms with Gasteiger partial charge in [-0.15, -0.1) is 0 Å². The molecule has 0 fully saturated rings. The molecule has 0 bridgehead atoms. The fourth-order valence-electron chi connectivity index (χ4n) is 0.755. The summed E-state index contributed by atoms with van der Waals surface area (Å²) < 4.78 is 0. The van der Waals surface area contributed by atoms with Gasteiger partial charge in [-0.25, -0.2) is 9.59 Å². The van der Waals surface area contributed by atoms with Crippen molar-refractivity contribution in [2.45, 2.75) is 0 Å². The van der Waals surface area contributed by atoms with E-state index in [4.69, 9.17) is 10.2 Å². The second-order valence-corrected chi connectivity index (χ2v) is 2.19. The number of rotatable bonds is 2. The Bertz CT molecular complexity index is 284. The molecule has 0 aliphatic rings. The minimum Gasteiger partial charge on any atom is -0.478 e. The van der Waals surface area contributed by atoms with Crippen LogP contribution in [0.5, 0.6) is 0 Å². The van der Waals surface area contributed by atoms with Crippen LogP contribution in [0.1, 0.15) is 20.7 Å². The average molecular weight is 306 g/mol. The predicted molar refractivity (Wildman–Crippen MR) is 40.4 cm³/mol. The first-order valence-corrected chi connectivity index (χ1v) is 3.18. The summed E-state index contributed by atoms with van der Waals surface area (Å²) in [6.45, 7) is 0. The summed E-state index contributed by atoms with van der Waals surface area (Å²) in [5.41, 5.74) is 0.167. The monoisotopic (exact) mass is 306 g/mol. The van der Waals surface area contributed by atoms with E-state index < -0.39 is 11.9 Å². The molecule has 0 heterocycles. The van der Waals surface area contributed by atoms with Gasteiger partial charge in [-0.2, -0.15) is 0 Å². The van der Waals surface area contributed by atoms with Crippen molar-refractivity contribution >= 4 is 11.9 Å². The first-order valence-electron chi connectivity index (χ1n) is 3.18. The van der Waals surface area contributed by atoms with Crippen molar-refractivity contribution in [1.82, 2.24) is 0 Å². The first-order chi connectivity index (χ1) is 5.61. The van der Waals surface area contributed by atoms with Crippen LogP contribution in [0.2, 0.25) is 0 Å². The summed E-state index contributed by atoms with van der Waals surface area (Å²) in [5.74, 6) is -2.13. The zero-order chi connectivity index (χ0) is 9.14. The van der Waals surface area contributed by atoms with Crippen LogP contribution in [0.4, 0.5) is 0 Å². The SMILES string of the molecule is O=C(O)c1ccc(C(=O)O)cc1.[Ce]. The summed E-state index contributed by atoms with van der Waals surface area (Å²) >= 11 is 0. The topological polar surface area (TPSA) is 74.6 Å². The van der Waals surface area contributed by atoms with Gasteiger partial charge >= 0.3 is 11.9 Å². The molecule has 0 radical (unpaired) electrons. The van der Waals surface area contributed by atoms with E-state index in [0.29, 0.717) is 0 Å².